The van der Waals surface area contributed by atoms with Crippen molar-refractivity contribution in [3.05, 3.63) is 0 Å². The highest BCUT2D eigenvalue weighted by Gasteiger charge is 2.32. The zero-order valence-electron chi connectivity index (χ0n) is 9.95. The third-order valence-electron chi connectivity index (χ3n) is 3.12. The van der Waals surface area contributed by atoms with E-state index >= 15 is 0 Å². The molecule has 0 aromatic rings. The van der Waals surface area contributed by atoms with Gasteiger partial charge < -0.3 is 20.5 Å². The molecule has 0 spiro atoms. The lowest BCUT2D eigenvalue weighted by Crippen LogP contribution is -2.51. The Morgan fingerprint density at radius 3 is 2.62 bits per heavy atom. The Morgan fingerprint density at radius 1 is 1.50 bits per heavy atom. The van der Waals surface area contributed by atoms with E-state index < -0.39 is 0 Å². The second-order valence-corrected chi connectivity index (χ2v) is 4.38. The van der Waals surface area contributed by atoms with E-state index in [1.54, 1.807) is 11.8 Å². The number of hydrogen-bond donors (Lipinski definition) is 2. The average Bonchev–Trinajstić information content (AvgIpc) is 2.28. The zero-order chi connectivity index (χ0) is 12.0. The van der Waals surface area contributed by atoms with E-state index in [2.05, 4.69) is 0 Å². The smallest absolute Gasteiger partial charge is 0.409 e. The number of nitrogens with two attached hydrogens (primary N) is 1. The van der Waals surface area contributed by atoms with E-state index in [4.69, 9.17) is 15.6 Å². The monoisotopic (exact) mass is 230 g/mol. The molecule has 0 aromatic carbocycles. The molecule has 5 nitrogen and oxygen atoms in total. The summed E-state index contributed by atoms with van der Waals surface area (Å²) >= 11 is 0. The molecule has 0 unspecified atom stereocenters. The molecule has 1 rings (SSSR count). The van der Waals surface area contributed by atoms with Gasteiger partial charge in [0, 0.05) is 25.2 Å². The third kappa shape index (κ3) is 3.64. The van der Waals surface area contributed by atoms with E-state index in [1.165, 1.54) is 0 Å². The van der Waals surface area contributed by atoms with Gasteiger partial charge in [0.05, 0.1) is 6.61 Å². The maximum atomic E-state index is 11.4. The number of carbonyl (C=O) groups is 1. The summed E-state index contributed by atoms with van der Waals surface area (Å²) in [5.41, 5.74) is 5.98. The molecule has 3 N–H and O–H groups in total. The van der Waals surface area contributed by atoms with Crippen molar-refractivity contribution in [2.24, 2.45) is 5.73 Å². The van der Waals surface area contributed by atoms with Crippen molar-refractivity contribution in [2.45, 2.75) is 38.1 Å². The Hall–Kier alpha value is -0.810. The molecule has 1 saturated heterocycles. The summed E-state index contributed by atoms with van der Waals surface area (Å²) in [6.07, 6.45) is 2.87. The number of likely N-dealkylation sites (tertiary alicyclic amines) is 1. The first-order valence-electron chi connectivity index (χ1n) is 5.93. The Labute approximate surface area is 96.6 Å². The summed E-state index contributed by atoms with van der Waals surface area (Å²) in [7, 11) is 0. The predicted molar refractivity (Wildman–Crippen MR) is 61.1 cm³/mol. The van der Waals surface area contributed by atoms with Crippen LogP contribution in [0.3, 0.4) is 0 Å². The highest BCUT2D eigenvalue weighted by molar-refractivity contribution is 5.67. The molecule has 0 saturated carbocycles. The zero-order valence-corrected chi connectivity index (χ0v) is 9.95. The van der Waals surface area contributed by atoms with Gasteiger partial charge in [0.15, 0.2) is 0 Å². The summed E-state index contributed by atoms with van der Waals surface area (Å²) < 4.78 is 4.94. The number of aliphatic hydroxyl groups is 1. The number of nitrogens with zero attached hydrogens (tertiary/aromatic N) is 1. The molecule has 1 aliphatic rings. The molecule has 0 atom stereocenters. The predicted octanol–water partition coefficient (Wildman–Crippen LogP) is 0.709. The molecular weight excluding hydrogens is 208 g/mol. The van der Waals surface area contributed by atoms with Crippen molar-refractivity contribution in [3.8, 4) is 0 Å². The fourth-order valence-electron chi connectivity index (χ4n) is 2.03. The second kappa shape index (κ2) is 6.06. The molecule has 1 aliphatic heterocycles. The number of ether oxygens (including phenoxy) is 1. The molecule has 0 bridgehead atoms. The Morgan fingerprint density at radius 2 is 2.12 bits per heavy atom. The molecule has 94 valence electrons. The van der Waals surface area contributed by atoms with E-state index in [1.807, 2.05) is 0 Å². The van der Waals surface area contributed by atoms with E-state index in [0.29, 0.717) is 19.7 Å². The minimum absolute atomic E-state index is 0.181. The maximum absolute atomic E-state index is 11.4. The van der Waals surface area contributed by atoms with E-state index in [9.17, 15) is 4.79 Å². The number of amides is 1. The second-order valence-electron chi connectivity index (χ2n) is 4.38. The van der Waals surface area contributed by atoms with Gasteiger partial charge in [0.2, 0.25) is 0 Å². The molecule has 1 heterocycles. The van der Waals surface area contributed by atoms with Crippen molar-refractivity contribution >= 4 is 6.09 Å². The quantitative estimate of drug-likeness (QED) is 0.745. The van der Waals surface area contributed by atoms with Crippen LogP contribution in [0.5, 0.6) is 0 Å². The number of carbonyl (C=O) groups excluding carboxylic acids is 1. The summed E-state index contributed by atoms with van der Waals surface area (Å²) in [6.45, 7) is 3.70. The van der Waals surface area contributed by atoms with Crippen molar-refractivity contribution in [1.82, 2.24) is 4.90 Å². The Bertz CT molecular complexity index is 225. The Kier molecular flexibility index (Phi) is 5.02. The topological polar surface area (TPSA) is 75.8 Å². The highest BCUT2D eigenvalue weighted by atomic mass is 16.6. The molecule has 0 aromatic heterocycles. The minimum atomic E-state index is -0.244. The lowest BCUT2D eigenvalue weighted by Gasteiger charge is -2.38. The summed E-state index contributed by atoms with van der Waals surface area (Å²) in [5.74, 6) is 0. The van der Waals surface area contributed by atoms with Gasteiger partial charge >= 0.3 is 6.09 Å². The average molecular weight is 230 g/mol. The largest absolute Gasteiger partial charge is 0.450 e. The maximum Gasteiger partial charge on any atom is 0.409 e. The van der Waals surface area contributed by atoms with E-state index in [-0.39, 0.29) is 18.2 Å². The lowest BCUT2D eigenvalue weighted by molar-refractivity contribution is 0.0845. The third-order valence-corrected chi connectivity index (χ3v) is 3.12. The van der Waals surface area contributed by atoms with Gasteiger partial charge in [-0.15, -0.1) is 0 Å². The normalized spacial score (nSPS) is 19.6. The SMILES string of the molecule is CCOC(=O)N1CCC(N)(CCCO)CC1. The lowest BCUT2D eigenvalue weighted by atomic mass is 9.84. The summed E-state index contributed by atoms with van der Waals surface area (Å²) in [6, 6.07) is 0. The highest BCUT2D eigenvalue weighted by Crippen LogP contribution is 2.24. The fraction of sp³-hybridized carbons (Fsp3) is 0.909. The standard InChI is InChI=1S/C11H22N2O3/c1-2-16-10(15)13-7-5-11(12,6-8-13)4-3-9-14/h14H,2-9,12H2,1H3. The molecule has 16 heavy (non-hydrogen) atoms. The van der Waals surface area contributed by atoms with Crippen LogP contribution >= 0.6 is 0 Å². The van der Waals surface area contributed by atoms with E-state index in [0.717, 1.165) is 25.7 Å². The molecule has 0 radical (unpaired) electrons. The van der Waals surface area contributed by atoms with Gasteiger partial charge in [-0.2, -0.15) is 0 Å². The van der Waals surface area contributed by atoms with Crippen LogP contribution in [-0.2, 0) is 4.74 Å². The van der Waals surface area contributed by atoms with Crippen LogP contribution in [0.2, 0.25) is 0 Å². The molecule has 1 fully saturated rings. The first kappa shape index (κ1) is 13.3. The minimum Gasteiger partial charge on any atom is -0.450 e. The Balaban J connectivity index is 2.35. The van der Waals surface area contributed by atoms with Gasteiger partial charge in [-0.25, -0.2) is 4.79 Å². The summed E-state index contributed by atoms with van der Waals surface area (Å²) in [4.78, 5) is 13.1. The van der Waals surface area contributed by atoms with Crippen LogP contribution < -0.4 is 5.73 Å². The molecule has 0 aliphatic carbocycles. The van der Waals surface area contributed by atoms with Crippen molar-refractivity contribution < 1.29 is 14.6 Å². The number of piperidine rings is 1. The molecule has 1 amide bonds. The van der Waals surface area contributed by atoms with Gasteiger partial charge in [-0.05, 0) is 32.6 Å². The first-order valence-corrected chi connectivity index (χ1v) is 5.93. The number of hydrogen-bond acceptors (Lipinski definition) is 4. The van der Waals surface area contributed by atoms with Gasteiger partial charge in [0.25, 0.3) is 0 Å². The summed E-state index contributed by atoms with van der Waals surface area (Å²) in [5, 5.41) is 8.78. The van der Waals surface area contributed by atoms with Gasteiger partial charge in [0.1, 0.15) is 0 Å². The number of aliphatic hydroxyl groups excluding tert-OH is 1. The fourth-order valence-corrected chi connectivity index (χ4v) is 2.03. The molecular formula is C11H22N2O3. The van der Waals surface area contributed by atoms with Crippen LogP contribution in [0.15, 0.2) is 0 Å². The first-order chi connectivity index (χ1) is 7.61. The van der Waals surface area contributed by atoms with Gasteiger partial charge in [-0.1, -0.05) is 0 Å². The van der Waals surface area contributed by atoms with Crippen LogP contribution in [0.25, 0.3) is 0 Å². The van der Waals surface area contributed by atoms with Crippen LogP contribution in [-0.4, -0.2) is 47.9 Å². The van der Waals surface area contributed by atoms with Crippen molar-refractivity contribution in [2.75, 3.05) is 26.3 Å². The number of rotatable bonds is 4. The van der Waals surface area contributed by atoms with Gasteiger partial charge in [-0.3, -0.25) is 0 Å². The van der Waals surface area contributed by atoms with Crippen molar-refractivity contribution in [3.63, 3.8) is 0 Å². The van der Waals surface area contributed by atoms with Crippen LogP contribution in [0, 0.1) is 0 Å². The molecule has 5 heteroatoms. The van der Waals surface area contributed by atoms with Crippen LogP contribution in [0.1, 0.15) is 32.6 Å². The van der Waals surface area contributed by atoms with Crippen LogP contribution in [0.4, 0.5) is 4.79 Å². The van der Waals surface area contributed by atoms with Crippen molar-refractivity contribution in [1.29, 1.82) is 0 Å².